The van der Waals surface area contributed by atoms with E-state index in [0.717, 1.165) is 31.6 Å². The molecule has 3 aliphatic carbocycles. The summed E-state index contributed by atoms with van der Waals surface area (Å²) in [4.78, 5) is 45.7. The highest BCUT2D eigenvalue weighted by Gasteiger charge is 2.54. The molecule has 1 fully saturated rings. The minimum Gasteiger partial charge on any atom is -0.511 e. The van der Waals surface area contributed by atoms with Crippen LogP contribution < -0.4 is 10.6 Å². The molecule has 1 amide bonds. The maximum Gasteiger partial charge on any atom is 0.255 e. The molecule has 0 saturated carbocycles. The van der Waals surface area contributed by atoms with Gasteiger partial charge in [-0.25, -0.2) is 0 Å². The van der Waals surface area contributed by atoms with Gasteiger partial charge in [0, 0.05) is 37.5 Å². The number of primary amides is 1. The number of aliphatic hydroxyl groups excluding tert-OH is 2. The molecule has 0 radical (unpaired) electrons. The largest absolute Gasteiger partial charge is 0.511 e. The highest BCUT2D eigenvalue weighted by Crippen LogP contribution is 2.52. The second-order valence-corrected chi connectivity index (χ2v) is 12.1. The van der Waals surface area contributed by atoms with E-state index < -0.39 is 52.6 Å². The molecular weight excluding hydrogens is 512 g/mol. The molecule has 0 spiro atoms. The van der Waals surface area contributed by atoms with Crippen molar-refractivity contribution in [2.45, 2.75) is 51.1 Å². The number of hydrogen-bond acceptors (Lipinski definition) is 9. The molecule has 216 valence electrons. The molecule has 1 aromatic carbocycles. The number of anilines is 1. The van der Waals surface area contributed by atoms with Crippen LogP contribution in [0, 0.1) is 17.8 Å². The minimum absolute atomic E-state index is 0.0766. The number of amides is 1. The molecule has 4 atom stereocenters. The van der Waals surface area contributed by atoms with E-state index in [-0.39, 0.29) is 22.6 Å². The Labute approximate surface area is 234 Å². The van der Waals surface area contributed by atoms with Gasteiger partial charge in [-0.05, 0) is 76.3 Å². The number of phenols is 1. The Morgan fingerprint density at radius 1 is 1.02 bits per heavy atom. The molecule has 1 aliphatic heterocycles. The van der Waals surface area contributed by atoms with Crippen LogP contribution in [0.25, 0.3) is 0 Å². The molecule has 0 aromatic heterocycles. The third-order valence-electron chi connectivity index (χ3n) is 9.20. The van der Waals surface area contributed by atoms with Crippen molar-refractivity contribution in [2.24, 2.45) is 23.5 Å². The number of carbonyl (C=O) groups excluding carboxylic acids is 3. The van der Waals surface area contributed by atoms with Gasteiger partial charge in [0.15, 0.2) is 11.6 Å². The molecule has 40 heavy (non-hydrogen) atoms. The summed E-state index contributed by atoms with van der Waals surface area (Å²) in [7, 11) is 7.25. The van der Waals surface area contributed by atoms with E-state index in [2.05, 4.69) is 4.90 Å². The van der Waals surface area contributed by atoms with Crippen molar-refractivity contribution in [1.29, 1.82) is 0 Å². The van der Waals surface area contributed by atoms with Crippen molar-refractivity contribution in [1.82, 2.24) is 9.80 Å². The first-order valence-electron chi connectivity index (χ1n) is 14.1. The van der Waals surface area contributed by atoms with Gasteiger partial charge in [0.25, 0.3) is 5.91 Å². The molecule has 3 unspecified atom stereocenters. The SMILES string of the molecule is CN(C)c1cc(CN2CCCCCC2)c(O)c2c1CC1CC3C(C(=O)C(C(N)=O)=C(O)[C@H]3N(C)C)C(O)=C1C2=O. The average Bonchev–Trinajstić information content (AvgIpc) is 3.13. The van der Waals surface area contributed by atoms with E-state index in [4.69, 9.17) is 5.73 Å². The second-order valence-electron chi connectivity index (χ2n) is 12.1. The summed E-state index contributed by atoms with van der Waals surface area (Å²) in [5, 5.41) is 34.0. The summed E-state index contributed by atoms with van der Waals surface area (Å²) in [6, 6.07) is 1.23. The van der Waals surface area contributed by atoms with Crippen LogP contribution in [0.5, 0.6) is 5.75 Å². The number of allylic oxidation sites excluding steroid dienone is 2. The number of likely N-dealkylation sites (tertiary alicyclic amines) is 1. The second kappa shape index (κ2) is 10.6. The van der Waals surface area contributed by atoms with Gasteiger partial charge < -0.3 is 26.0 Å². The zero-order valence-corrected chi connectivity index (χ0v) is 23.7. The zero-order chi connectivity index (χ0) is 29.0. The number of fused-ring (bicyclic) bond motifs is 3. The van der Waals surface area contributed by atoms with Crippen molar-refractivity contribution in [3.8, 4) is 5.75 Å². The molecule has 5 rings (SSSR count). The zero-order valence-electron chi connectivity index (χ0n) is 23.7. The molecule has 1 saturated heterocycles. The molecule has 10 heteroatoms. The summed E-state index contributed by atoms with van der Waals surface area (Å²) in [6.45, 7) is 2.37. The Kier molecular flexibility index (Phi) is 7.43. The number of hydrogen-bond donors (Lipinski definition) is 4. The number of Topliss-reactive ketones (excluding diaryl/α,β-unsaturated/α-hetero) is 2. The van der Waals surface area contributed by atoms with Gasteiger partial charge >= 0.3 is 0 Å². The number of rotatable bonds is 5. The lowest BCUT2D eigenvalue weighted by molar-refractivity contribution is -0.127. The quantitative estimate of drug-likeness (QED) is 0.404. The van der Waals surface area contributed by atoms with Gasteiger partial charge in [-0.1, -0.05) is 12.8 Å². The van der Waals surface area contributed by atoms with E-state index in [1.165, 1.54) is 12.8 Å². The van der Waals surface area contributed by atoms with E-state index in [0.29, 0.717) is 30.5 Å². The predicted octanol–water partition coefficient (Wildman–Crippen LogP) is 2.45. The number of phenolic OH excluding ortho intramolecular Hbond substituents is 1. The molecular formula is C30H40N4O6. The lowest BCUT2D eigenvalue weighted by atomic mass is 9.60. The third kappa shape index (κ3) is 4.47. The summed E-state index contributed by atoms with van der Waals surface area (Å²) < 4.78 is 0. The van der Waals surface area contributed by atoms with Crippen LogP contribution >= 0.6 is 0 Å². The molecule has 1 aromatic rings. The van der Waals surface area contributed by atoms with E-state index in [1.54, 1.807) is 19.0 Å². The molecule has 5 N–H and O–H groups in total. The van der Waals surface area contributed by atoms with Gasteiger partial charge in [-0.15, -0.1) is 0 Å². The fraction of sp³-hybridized carbons (Fsp3) is 0.567. The van der Waals surface area contributed by atoms with Crippen molar-refractivity contribution in [3.63, 3.8) is 0 Å². The van der Waals surface area contributed by atoms with Crippen LogP contribution in [0.15, 0.2) is 28.7 Å². The molecule has 4 aliphatic rings. The van der Waals surface area contributed by atoms with Gasteiger partial charge in [0.2, 0.25) is 0 Å². The fourth-order valence-electron chi connectivity index (χ4n) is 7.43. The first kappa shape index (κ1) is 28.2. The predicted molar refractivity (Wildman–Crippen MR) is 150 cm³/mol. The number of nitrogens with zero attached hydrogens (tertiary/aromatic N) is 3. The van der Waals surface area contributed by atoms with E-state index >= 15 is 0 Å². The summed E-state index contributed by atoms with van der Waals surface area (Å²) in [6.07, 6.45) is 5.27. The first-order valence-corrected chi connectivity index (χ1v) is 14.1. The Hall–Kier alpha value is -3.37. The highest BCUT2D eigenvalue weighted by molar-refractivity contribution is 6.22. The van der Waals surface area contributed by atoms with Crippen LogP contribution in [0.3, 0.4) is 0 Å². The van der Waals surface area contributed by atoms with E-state index in [1.807, 2.05) is 25.1 Å². The average molecular weight is 553 g/mol. The van der Waals surface area contributed by atoms with Gasteiger partial charge in [0.05, 0.1) is 17.5 Å². The van der Waals surface area contributed by atoms with Gasteiger partial charge in [0.1, 0.15) is 22.8 Å². The number of aliphatic hydroxyl groups is 2. The number of nitrogens with two attached hydrogens (primary N) is 1. The smallest absolute Gasteiger partial charge is 0.255 e. The maximum atomic E-state index is 14.1. The van der Waals surface area contributed by atoms with Crippen molar-refractivity contribution in [2.75, 3.05) is 46.2 Å². The topological polar surface area (TPSA) is 148 Å². The highest BCUT2D eigenvalue weighted by atomic mass is 16.3. The van der Waals surface area contributed by atoms with Crippen molar-refractivity contribution < 1.29 is 29.7 Å². The Morgan fingerprint density at radius 2 is 1.68 bits per heavy atom. The third-order valence-corrected chi connectivity index (χ3v) is 9.20. The minimum atomic E-state index is -1.18. The fourth-order valence-corrected chi connectivity index (χ4v) is 7.43. The number of likely N-dealkylation sites (N-methyl/N-ethyl adjacent to an activating group) is 1. The normalized spacial score (nSPS) is 27.3. The summed E-state index contributed by atoms with van der Waals surface area (Å²) in [5.74, 6) is -5.36. The van der Waals surface area contributed by atoms with Crippen LogP contribution in [-0.4, -0.2) is 89.9 Å². The standard InChI is InChI=1S/C30H40N4O6/c1-32(2)19-13-16(14-34-9-7-5-6-8-10-34)25(35)21-17(19)11-15-12-18-22(27(37)20(15)26(21)36)28(38)23(30(31)40)29(39)24(18)33(3)4/h13,15,18,22,24,35,37,39H,5-12,14H2,1-4H3,(H2,31,40)/t15?,18?,22?,24-/m0/s1. The Bertz CT molecular complexity index is 1320. The van der Waals surface area contributed by atoms with Crippen molar-refractivity contribution in [3.05, 3.63) is 45.4 Å². The van der Waals surface area contributed by atoms with Gasteiger partial charge in [-0.3, -0.25) is 24.2 Å². The molecule has 1 heterocycles. The number of aromatic hydroxyl groups is 1. The summed E-state index contributed by atoms with van der Waals surface area (Å²) in [5.41, 5.74) is 7.43. The van der Waals surface area contributed by atoms with Gasteiger partial charge in [-0.2, -0.15) is 0 Å². The van der Waals surface area contributed by atoms with Crippen LogP contribution in [0.2, 0.25) is 0 Å². The summed E-state index contributed by atoms with van der Waals surface area (Å²) >= 11 is 0. The van der Waals surface area contributed by atoms with Crippen LogP contribution in [0.1, 0.15) is 53.6 Å². The Balaban J connectivity index is 1.62. The number of ketones is 2. The number of carbonyl (C=O) groups is 3. The van der Waals surface area contributed by atoms with Crippen molar-refractivity contribution >= 4 is 23.2 Å². The Morgan fingerprint density at radius 3 is 2.25 bits per heavy atom. The van der Waals surface area contributed by atoms with E-state index in [9.17, 15) is 29.7 Å². The number of benzene rings is 1. The lowest BCUT2D eigenvalue weighted by Crippen LogP contribution is -2.53. The monoisotopic (exact) mass is 552 g/mol. The lowest BCUT2D eigenvalue weighted by Gasteiger charge is -2.46. The molecule has 10 nitrogen and oxygen atoms in total. The van der Waals surface area contributed by atoms with Crippen LogP contribution in [-0.2, 0) is 22.6 Å². The first-order chi connectivity index (χ1) is 18.9. The van der Waals surface area contributed by atoms with Crippen LogP contribution in [0.4, 0.5) is 5.69 Å². The molecule has 0 bridgehead atoms. The maximum absolute atomic E-state index is 14.1.